The average molecular weight is 486 g/mol. The van der Waals surface area contributed by atoms with Crippen LogP contribution in [0.3, 0.4) is 0 Å². The molecule has 0 radical (unpaired) electrons. The standard InChI is InChI=1S/C21H24BrN7O2/c1-21(2,3)31-20(30)28-10-8-27(9-11-28)16-12-24-19(25-13-16)29-14-17(22)18(26-29)15-4-6-23-7-5-15/h4-7,12-14H,8-11H2,1-3H3. The molecule has 9 nitrogen and oxygen atoms in total. The summed E-state index contributed by atoms with van der Waals surface area (Å²) in [7, 11) is 0. The number of rotatable bonds is 3. The minimum atomic E-state index is -0.489. The Hall–Kier alpha value is -3.01. The largest absolute Gasteiger partial charge is 0.444 e. The molecule has 1 saturated heterocycles. The van der Waals surface area contributed by atoms with E-state index >= 15 is 0 Å². The highest BCUT2D eigenvalue weighted by atomic mass is 79.9. The van der Waals surface area contributed by atoms with Gasteiger partial charge in [-0.15, -0.1) is 0 Å². The Morgan fingerprint density at radius 1 is 1.06 bits per heavy atom. The van der Waals surface area contributed by atoms with E-state index in [2.05, 4.69) is 40.9 Å². The molecule has 162 valence electrons. The fraction of sp³-hybridized carbons (Fsp3) is 0.381. The molecular formula is C21H24BrN7O2. The molecule has 31 heavy (non-hydrogen) atoms. The molecule has 0 bridgehead atoms. The lowest BCUT2D eigenvalue weighted by Crippen LogP contribution is -2.50. The second kappa shape index (κ2) is 8.62. The second-order valence-corrected chi connectivity index (χ2v) is 9.06. The van der Waals surface area contributed by atoms with Gasteiger partial charge in [0.05, 0.1) is 22.6 Å². The molecule has 0 aliphatic carbocycles. The number of amides is 1. The smallest absolute Gasteiger partial charge is 0.410 e. The number of carbonyl (C=O) groups excluding carboxylic acids is 1. The van der Waals surface area contributed by atoms with E-state index in [0.717, 1.165) is 21.4 Å². The van der Waals surface area contributed by atoms with Crippen molar-refractivity contribution >= 4 is 27.7 Å². The van der Waals surface area contributed by atoms with E-state index in [1.807, 2.05) is 39.1 Å². The second-order valence-electron chi connectivity index (χ2n) is 8.20. The zero-order valence-corrected chi connectivity index (χ0v) is 19.3. The molecular weight excluding hydrogens is 462 g/mol. The van der Waals surface area contributed by atoms with Gasteiger partial charge in [-0.05, 0) is 48.8 Å². The topological polar surface area (TPSA) is 89.3 Å². The van der Waals surface area contributed by atoms with Crippen molar-refractivity contribution in [3.63, 3.8) is 0 Å². The molecule has 0 saturated carbocycles. The number of carbonyl (C=O) groups is 1. The van der Waals surface area contributed by atoms with Gasteiger partial charge in [0.1, 0.15) is 11.3 Å². The number of halogens is 1. The van der Waals surface area contributed by atoms with Crippen LogP contribution in [-0.2, 0) is 4.74 Å². The molecule has 0 N–H and O–H groups in total. The van der Waals surface area contributed by atoms with E-state index in [4.69, 9.17) is 4.74 Å². The molecule has 4 rings (SSSR count). The van der Waals surface area contributed by atoms with Crippen LogP contribution in [0.15, 0.2) is 47.6 Å². The number of aromatic nitrogens is 5. The Morgan fingerprint density at radius 3 is 2.32 bits per heavy atom. The Kier molecular flexibility index (Phi) is 5.90. The van der Waals surface area contributed by atoms with E-state index < -0.39 is 5.60 Å². The molecule has 1 aliphatic rings. The van der Waals surface area contributed by atoms with E-state index in [-0.39, 0.29) is 6.09 Å². The third kappa shape index (κ3) is 5.01. The molecule has 10 heteroatoms. The van der Waals surface area contributed by atoms with E-state index in [0.29, 0.717) is 32.1 Å². The minimum Gasteiger partial charge on any atom is -0.444 e. The van der Waals surface area contributed by atoms with Crippen molar-refractivity contribution in [1.82, 2.24) is 29.6 Å². The third-order valence-corrected chi connectivity index (χ3v) is 5.33. The number of pyridine rings is 1. The first-order chi connectivity index (χ1) is 14.8. The van der Waals surface area contributed by atoms with Gasteiger partial charge in [-0.3, -0.25) is 4.98 Å². The van der Waals surface area contributed by atoms with Crippen LogP contribution >= 0.6 is 15.9 Å². The van der Waals surface area contributed by atoms with Gasteiger partial charge < -0.3 is 14.5 Å². The van der Waals surface area contributed by atoms with E-state index in [1.165, 1.54) is 0 Å². The molecule has 0 atom stereocenters. The summed E-state index contributed by atoms with van der Waals surface area (Å²) in [6, 6.07) is 3.80. The van der Waals surface area contributed by atoms with Gasteiger partial charge >= 0.3 is 6.09 Å². The van der Waals surface area contributed by atoms with Gasteiger partial charge in [-0.1, -0.05) is 0 Å². The number of ether oxygens (including phenoxy) is 1. The summed E-state index contributed by atoms with van der Waals surface area (Å²) >= 11 is 3.55. The summed E-state index contributed by atoms with van der Waals surface area (Å²) < 4.78 is 7.95. The maximum absolute atomic E-state index is 12.2. The number of piperazine rings is 1. The van der Waals surface area contributed by atoms with Crippen molar-refractivity contribution in [2.24, 2.45) is 0 Å². The van der Waals surface area contributed by atoms with Crippen molar-refractivity contribution in [2.75, 3.05) is 31.1 Å². The van der Waals surface area contributed by atoms with Gasteiger partial charge in [0.15, 0.2) is 0 Å². The van der Waals surface area contributed by atoms with Crippen LogP contribution < -0.4 is 4.90 Å². The molecule has 1 amide bonds. The summed E-state index contributed by atoms with van der Waals surface area (Å²) in [5.41, 5.74) is 2.18. The molecule has 1 fully saturated rings. The maximum Gasteiger partial charge on any atom is 0.410 e. The van der Waals surface area contributed by atoms with Gasteiger partial charge in [0, 0.05) is 50.3 Å². The first kappa shape index (κ1) is 21.2. The predicted molar refractivity (Wildman–Crippen MR) is 120 cm³/mol. The minimum absolute atomic E-state index is 0.270. The highest BCUT2D eigenvalue weighted by Crippen LogP contribution is 2.27. The van der Waals surface area contributed by atoms with Crippen LogP contribution in [0.25, 0.3) is 17.2 Å². The van der Waals surface area contributed by atoms with Gasteiger partial charge in [-0.2, -0.15) is 5.10 Å². The zero-order valence-electron chi connectivity index (χ0n) is 17.7. The first-order valence-electron chi connectivity index (χ1n) is 10.0. The predicted octanol–water partition coefficient (Wildman–Crippen LogP) is 3.54. The Balaban J connectivity index is 1.41. The SMILES string of the molecule is CC(C)(C)OC(=O)N1CCN(c2cnc(-n3cc(Br)c(-c4ccncc4)n3)nc2)CC1. The lowest BCUT2D eigenvalue weighted by atomic mass is 10.2. The van der Waals surface area contributed by atoms with E-state index in [1.54, 1.807) is 34.4 Å². The summed E-state index contributed by atoms with van der Waals surface area (Å²) in [4.78, 5) is 29.1. The van der Waals surface area contributed by atoms with Crippen LogP contribution in [0.5, 0.6) is 0 Å². The molecule has 4 heterocycles. The van der Waals surface area contributed by atoms with Crippen molar-refractivity contribution in [3.05, 3.63) is 47.6 Å². The van der Waals surface area contributed by atoms with Gasteiger partial charge in [0.25, 0.3) is 5.95 Å². The number of hydrogen-bond acceptors (Lipinski definition) is 7. The van der Waals surface area contributed by atoms with Gasteiger partial charge in [-0.25, -0.2) is 19.4 Å². The Morgan fingerprint density at radius 2 is 1.71 bits per heavy atom. The van der Waals surface area contributed by atoms with Crippen molar-refractivity contribution < 1.29 is 9.53 Å². The van der Waals surface area contributed by atoms with Crippen LogP contribution in [0.1, 0.15) is 20.8 Å². The highest BCUT2D eigenvalue weighted by Gasteiger charge is 2.26. The molecule has 1 aliphatic heterocycles. The lowest BCUT2D eigenvalue weighted by molar-refractivity contribution is 0.0240. The Bertz CT molecular complexity index is 1040. The number of anilines is 1. The molecule has 0 spiro atoms. The van der Waals surface area contributed by atoms with Crippen molar-refractivity contribution in [2.45, 2.75) is 26.4 Å². The quantitative estimate of drug-likeness (QED) is 0.560. The molecule has 0 aromatic carbocycles. The van der Waals surface area contributed by atoms with Crippen LogP contribution in [-0.4, -0.2) is 67.5 Å². The number of nitrogens with zero attached hydrogens (tertiary/aromatic N) is 7. The van der Waals surface area contributed by atoms with Crippen LogP contribution in [0, 0.1) is 0 Å². The zero-order chi connectivity index (χ0) is 22.0. The first-order valence-corrected chi connectivity index (χ1v) is 10.8. The molecule has 3 aromatic rings. The maximum atomic E-state index is 12.2. The Labute approximate surface area is 189 Å². The average Bonchev–Trinajstić information content (AvgIpc) is 3.15. The monoisotopic (exact) mass is 485 g/mol. The fourth-order valence-corrected chi connectivity index (χ4v) is 3.73. The summed E-state index contributed by atoms with van der Waals surface area (Å²) in [5, 5.41) is 4.60. The molecule has 0 unspecified atom stereocenters. The van der Waals surface area contributed by atoms with Crippen LogP contribution in [0.2, 0.25) is 0 Å². The fourth-order valence-electron chi connectivity index (χ4n) is 3.23. The normalized spacial score (nSPS) is 14.6. The summed E-state index contributed by atoms with van der Waals surface area (Å²) in [6.07, 6.45) is 8.60. The van der Waals surface area contributed by atoms with Crippen molar-refractivity contribution in [3.8, 4) is 17.2 Å². The van der Waals surface area contributed by atoms with Crippen LogP contribution in [0.4, 0.5) is 10.5 Å². The van der Waals surface area contributed by atoms with Gasteiger partial charge in [0.2, 0.25) is 0 Å². The molecule has 3 aromatic heterocycles. The van der Waals surface area contributed by atoms with Crippen molar-refractivity contribution in [1.29, 1.82) is 0 Å². The van der Waals surface area contributed by atoms with E-state index in [9.17, 15) is 4.79 Å². The number of hydrogen-bond donors (Lipinski definition) is 0. The third-order valence-electron chi connectivity index (χ3n) is 4.75. The summed E-state index contributed by atoms with van der Waals surface area (Å²) in [5.74, 6) is 0.483. The lowest BCUT2D eigenvalue weighted by Gasteiger charge is -2.36. The summed E-state index contributed by atoms with van der Waals surface area (Å²) in [6.45, 7) is 8.20. The highest BCUT2D eigenvalue weighted by molar-refractivity contribution is 9.10.